The Morgan fingerprint density at radius 2 is 1.78 bits per heavy atom. The van der Waals surface area contributed by atoms with Gasteiger partial charge in [-0.15, -0.1) is 5.10 Å². The second kappa shape index (κ2) is 14.1. The number of fused-ring (bicyclic) bond motifs is 3. The monoisotopic (exact) mass is 806 g/mol. The van der Waals surface area contributed by atoms with Crippen LogP contribution in [0.2, 0.25) is 18.6 Å². The van der Waals surface area contributed by atoms with Gasteiger partial charge in [0.15, 0.2) is 5.60 Å². The molecule has 10 nitrogen and oxygen atoms in total. The van der Waals surface area contributed by atoms with E-state index in [0.29, 0.717) is 41.0 Å². The van der Waals surface area contributed by atoms with E-state index in [0.717, 1.165) is 21.0 Å². The number of aromatic nitrogens is 5. The first-order chi connectivity index (χ1) is 26.0. The van der Waals surface area contributed by atoms with Crippen molar-refractivity contribution in [2.75, 3.05) is 11.5 Å². The number of hydrogen-bond acceptors (Lipinski definition) is 7. The highest BCUT2D eigenvalue weighted by Gasteiger charge is 2.66. The quantitative estimate of drug-likeness (QED) is 0.114. The summed E-state index contributed by atoms with van der Waals surface area (Å²) < 4.78 is 27.3. The molecule has 0 radical (unpaired) electrons. The molecular weight excluding hydrogens is 767 g/mol. The summed E-state index contributed by atoms with van der Waals surface area (Å²) in [5, 5.41) is 24.6. The molecular formula is C41H40BrFN6O4Si. The maximum atomic E-state index is 16.5. The van der Waals surface area contributed by atoms with E-state index in [4.69, 9.17) is 4.74 Å². The number of carbonyl (C=O) groups excluding carboxylic acids is 1. The van der Waals surface area contributed by atoms with Crippen molar-refractivity contribution in [1.29, 1.82) is 0 Å². The molecule has 1 unspecified atom stereocenters. The second-order valence-corrected chi connectivity index (χ2v) is 19.5. The van der Waals surface area contributed by atoms with Crippen LogP contribution < -0.4 is 10.5 Å². The maximum absolute atomic E-state index is 16.5. The smallest absolute Gasteiger partial charge is 0.279 e. The predicted molar refractivity (Wildman–Crippen MR) is 211 cm³/mol. The van der Waals surface area contributed by atoms with Gasteiger partial charge in [0.05, 0.1) is 53.8 Å². The van der Waals surface area contributed by atoms with Gasteiger partial charge in [0.2, 0.25) is 8.41 Å². The summed E-state index contributed by atoms with van der Waals surface area (Å²) in [5.41, 5.74) is 2.26. The molecule has 1 saturated heterocycles. The molecule has 13 heteroatoms. The molecule has 4 aromatic carbocycles. The number of anilines is 1. The number of nitrogens with zero attached hydrogens (tertiary/aromatic N) is 6. The van der Waals surface area contributed by atoms with E-state index in [9.17, 15) is 14.7 Å². The zero-order chi connectivity index (χ0) is 37.8. The average Bonchev–Trinajstić information content (AvgIpc) is 3.82. The predicted octanol–water partition coefficient (Wildman–Crippen LogP) is 7.28. The van der Waals surface area contributed by atoms with E-state index in [2.05, 4.69) is 31.3 Å². The Bertz CT molecular complexity index is 2420. The zero-order valence-electron chi connectivity index (χ0n) is 30.1. The van der Waals surface area contributed by atoms with Crippen molar-refractivity contribution in [3.05, 3.63) is 147 Å². The Hall–Kier alpha value is -4.82. The molecule has 0 saturated carbocycles. The fourth-order valence-corrected chi connectivity index (χ4v) is 11.5. The van der Waals surface area contributed by atoms with Crippen LogP contribution >= 0.6 is 15.9 Å². The summed E-state index contributed by atoms with van der Waals surface area (Å²) in [6.45, 7) is 5.82. The minimum Gasteiger partial charge on any atom is -0.395 e. The van der Waals surface area contributed by atoms with Crippen LogP contribution in [0.25, 0.3) is 16.5 Å². The summed E-state index contributed by atoms with van der Waals surface area (Å²) in [7, 11) is -3.40. The molecule has 1 spiro atoms. The number of ether oxygens (including phenoxy) is 1. The number of benzene rings is 4. The van der Waals surface area contributed by atoms with Crippen LogP contribution in [0.4, 0.5) is 9.80 Å². The lowest BCUT2D eigenvalue weighted by molar-refractivity contribution is -0.146. The molecule has 1 amide bonds. The third kappa shape index (κ3) is 6.22. The van der Waals surface area contributed by atoms with Crippen LogP contribution in [0.1, 0.15) is 41.6 Å². The van der Waals surface area contributed by atoms with Gasteiger partial charge in [-0.2, -0.15) is 9.78 Å². The van der Waals surface area contributed by atoms with Gasteiger partial charge in [0.1, 0.15) is 0 Å². The third-order valence-electron chi connectivity index (χ3n) is 11.1. The van der Waals surface area contributed by atoms with Gasteiger partial charge in [-0.1, -0.05) is 88.7 Å². The van der Waals surface area contributed by atoms with Crippen LogP contribution in [0.5, 0.6) is 0 Å². The standard InChI is InChI=1S/C41H40BrFN6O4Si/c1-26-38(54(2,3)43)37(18-19-47-24-35(45-46-47)33(25-50)28-11-5-4-6-12-28)53-41(26)34-21-30(42)16-17-36(34)48(40(41)52)23-27-10-9-14-31(20-27)49-39(51)32-15-8-7-13-29(32)22-44-49/h4-17,20-22,24,26,33,37-38,50H,18-19,23,25H2,1-3H3/t26-,33?,37+,38-,41+/m0/s1. The minimum absolute atomic E-state index is 0.116. The summed E-state index contributed by atoms with van der Waals surface area (Å²) in [5.74, 6) is -1.02. The lowest BCUT2D eigenvalue weighted by Crippen LogP contribution is -2.45. The van der Waals surface area contributed by atoms with Gasteiger partial charge >= 0.3 is 0 Å². The van der Waals surface area contributed by atoms with E-state index in [1.54, 1.807) is 34.9 Å². The highest BCUT2D eigenvalue weighted by atomic mass is 79.9. The van der Waals surface area contributed by atoms with E-state index >= 15 is 4.11 Å². The number of aliphatic hydroxyl groups excluding tert-OH is 1. The third-order valence-corrected chi connectivity index (χ3v) is 14.0. The Morgan fingerprint density at radius 1 is 1.00 bits per heavy atom. The molecule has 5 atom stereocenters. The van der Waals surface area contributed by atoms with Gasteiger partial charge in [0.25, 0.3) is 11.5 Å². The van der Waals surface area contributed by atoms with Gasteiger partial charge in [-0.05, 0) is 67.0 Å². The lowest BCUT2D eigenvalue weighted by atomic mass is 9.82. The lowest BCUT2D eigenvalue weighted by Gasteiger charge is -2.31. The van der Waals surface area contributed by atoms with Crippen LogP contribution in [0, 0.1) is 5.92 Å². The molecule has 276 valence electrons. The van der Waals surface area contributed by atoms with Gasteiger partial charge in [0, 0.05) is 39.6 Å². The number of carbonyl (C=O) groups is 1. The average molecular weight is 808 g/mol. The van der Waals surface area contributed by atoms with Crippen molar-refractivity contribution in [2.45, 2.75) is 62.7 Å². The van der Waals surface area contributed by atoms with E-state index in [1.165, 1.54) is 4.68 Å². The maximum Gasteiger partial charge on any atom is 0.279 e. The number of halogens is 2. The Morgan fingerprint density at radius 3 is 2.56 bits per heavy atom. The first-order valence-electron chi connectivity index (χ1n) is 18.1. The van der Waals surface area contributed by atoms with E-state index < -0.39 is 31.6 Å². The summed E-state index contributed by atoms with van der Waals surface area (Å²) >= 11 is 3.62. The van der Waals surface area contributed by atoms with Crippen molar-refractivity contribution in [3.63, 3.8) is 0 Å². The molecule has 2 aliphatic heterocycles. The van der Waals surface area contributed by atoms with E-state index in [-0.39, 0.29) is 30.5 Å². The number of rotatable bonds is 10. The summed E-state index contributed by atoms with van der Waals surface area (Å²) in [6, 6.07) is 30.2. The summed E-state index contributed by atoms with van der Waals surface area (Å²) in [4.78, 5) is 30.1. The zero-order valence-corrected chi connectivity index (χ0v) is 32.7. The van der Waals surface area contributed by atoms with Crippen molar-refractivity contribution < 1.29 is 18.7 Å². The molecule has 1 fully saturated rings. The first-order valence-corrected chi connectivity index (χ1v) is 21.9. The number of aliphatic hydroxyl groups is 1. The van der Waals surface area contributed by atoms with Crippen LogP contribution in [0.3, 0.4) is 0 Å². The molecule has 6 aromatic rings. The summed E-state index contributed by atoms with van der Waals surface area (Å²) in [6.07, 6.45) is 3.35. The largest absolute Gasteiger partial charge is 0.395 e. The van der Waals surface area contributed by atoms with E-state index in [1.807, 2.05) is 104 Å². The van der Waals surface area contributed by atoms with Crippen molar-refractivity contribution in [2.24, 2.45) is 5.92 Å². The SMILES string of the molecule is C[C@H]1[C@H]([Si](C)(C)F)[C@@H](CCn2cc(C(CO)c3ccccc3)nn2)O[C@]12C(=O)N(Cc1cccc(-n3ncc4ccccc4c3=O)c1)c1ccc(Br)cc12. The van der Waals surface area contributed by atoms with Crippen molar-refractivity contribution in [3.8, 4) is 5.69 Å². The number of hydrogen-bond donors (Lipinski definition) is 1. The molecule has 2 aliphatic rings. The molecule has 2 aromatic heterocycles. The highest BCUT2D eigenvalue weighted by Crippen LogP contribution is 2.60. The Labute approximate surface area is 321 Å². The second-order valence-electron chi connectivity index (χ2n) is 14.8. The van der Waals surface area contributed by atoms with Crippen LogP contribution in [-0.4, -0.2) is 56.9 Å². The first kappa shape index (κ1) is 36.2. The van der Waals surface area contributed by atoms with Gasteiger partial charge in [-0.3, -0.25) is 14.3 Å². The topological polar surface area (TPSA) is 115 Å². The number of aryl methyl sites for hydroxylation is 1. The normalized spacial score (nSPS) is 21.6. The van der Waals surface area contributed by atoms with Crippen LogP contribution in [0.15, 0.2) is 119 Å². The van der Waals surface area contributed by atoms with Gasteiger partial charge < -0.3 is 18.9 Å². The molecule has 1 N–H and O–H groups in total. The minimum atomic E-state index is -3.40. The Kier molecular flexibility index (Phi) is 9.45. The van der Waals surface area contributed by atoms with Crippen LogP contribution in [-0.2, 0) is 28.2 Å². The fraction of sp³-hybridized carbons (Fsp3) is 0.293. The molecule has 54 heavy (non-hydrogen) atoms. The molecule has 0 bridgehead atoms. The number of amides is 1. The highest BCUT2D eigenvalue weighted by molar-refractivity contribution is 9.10. The van der Waals surface area contributed by atoms with Gasteiger partial charge in [-0.25, -0.2) is 0 Å². The van der Waals surface area contributed by atoms with Crippen molar-refractivity contribution >= 4 is 46.7 Å². The van der Waals surface area contributed by atoms with Crippen molar-refractivity contribution in [1.82, 2.24) is 24.8 Å². The fourth-order valence-electron chi connectivity index (χ4n) is 8.59. The Balaban J connectivity index is 1.09. The molecule has 4 heterocycles. The molecule has 0 aliphatic carbocycles. The molecule has 8 rings (SSSR count).